The van der Waals surface area contributed by atoms with Crippen LogP contribution in [0.2, 0.25) is 0 Å². The number of hydrogen-bond donors (Lipinski definition) is 1. The molecule has 0 aliphatic carbocycles. The SMILES string of the molecule is CCN1C(=O)C[C@H](Nc2ccc(OC)c(OC)c2)C1=O. The first-order valence-electron chi connectivity index (χ1n) is 6.43. The molecular weight excluding hydrogens is 260 g/mol. The van der Waals surface area contributed by atoms with Crippen molar-refractivity contribution in [1.82, 2.24) is 4.90 Å². The maximum atomic E-state index is 12.0. The number of carbonyl (C=O) groups excluding carboxylic acids is 2. The molecule has 1 aliphatic heterocycles. The average molecular weight is 278 g/mol. The molecule has 0 radical (unpaired) electrons. The molecule has 1 fully saturated rings. The molecule has 1 aromatic rings. The Morgan fingerprint density at radius 1 is 1.25 bits per heavy atom. The first-order valence-corrected chi connectivity index (χ1v) is 6.43. The summed E-state index contributed by atoms with van der Waals surface area (Å²) in [4.78, 5) is 24.9. The lowest BCUT2D eigenvalue weighted by Gasteiger charge is -2.15. The van der Waals surface area contributed by atoms with Crippen molar-refractivity contribution in [2.45, 2.75) is 19.4 Å². The van der Waals surface area contributed by atoms with Crippen LogP contribution in [0, 0.1) is 0 Å². The van der Waals surface area contributed by atoms with Crippen molar-refractivity contribution in [3.63, 3.8) is 0 Å². The van der Waals surface area contributed by atoms with Crippen LogP contribution in [-0.4, -0.2) is 43.5 Å². The third-order valence-electron chi connectivity index (χ3n) is 3.28. The highest BCUT2D eigenvalue weighted by Crippen LogP contribution is 2.30. The van der Waals surface area contributed by atoms with Gasteiger partial charge < -0.3 is 14.8 Å². The summed E-state index contributed by atoms with van der Waals surface area (Å²) in [5.41, 5.74) is 0.715. The fourth-order valence-corrected chi connectivity index (χ4v) is 2.26. The molecule has 1 aromatic carbocycles. The highest BCUT2D eigenvalue weighted by atomic mass is 16.5. The quantitative estimate of drug-likeness (QED) is 0.821. The number of likely N-dealkylation sites (tertiary alicyclic amines) is 1. The number of anilines is 1. The van der Waals surface area contributed by atoms with Gasteiger partial charge in [0.25, 0.3) is 5.91 Å². The Hall–Kier alpha value is -2.24. The zero-order chi connectivity index (χ0) is 14.7. The number of benzene rings is 1. The molecule has 0 unspecified atom stereocenters. The lowest BCUT2D eigenvalue weighted by Crippen LogP contribution is -2.34. The van der Waals surface area contributed by atoms with Crippen LogP contribution in [0.5, 0.6) is 11.5 Å². The number of amides is 2. The molecule has 2 rings (SSSR count). The Labute approximate surface area is 117 Å². The van der Waals surface area contributed by atoms with Crippen molar-refractivity contribution in [3.8, 4) is 11.5 Å². The molecule has 0 aromatic heterocycles. The lowest BCUT2D eigenvalue weighted by molar-refractivity contribution is -0.138. The van der Waals surface area contributed by atoms with Crippen LogP contribution in [0.4, 0.5) is 5.69 Å². The van der Waals surface area contributed by atoms with Gasteiger partial charge in [-0.05, 0) is 19.1 Å². The number of hydrogen-bond acceptors (Lipinski definition) is 5. The molecule has 1 aliphatic rings. The van der Waals surface area contributed by atoms with Gasteiger partial charge in [0.1, 0.15) is 6.04 Å². The second-order valence-electron chi connectivity index (χ2n) is 4.45. The van der Waals surface area contributed by atoms with Crippen molar-refractivity contribution in [2.24, 2.45) is 0 Å². The highest BCUT2D eigenvalue weighted by Gasteiger charge is 2.37. The average Bonchev–Trinajstić information content (AvgIpc) is 2.72. The normalized spacial score (nSPS) is 18.4. The number of ether oxygens (including phenoxy) is 2. The molecule has 20 heavy (non-hydrogen) atoms. The summed E-state index contributed by atoms with van der Waals surface area (Å²) in [6.07, 6.45) is 0.182. The highest BCUT2D eigenvalue weighted by molar-refractivity contribution is 6.06. The van der Waals surface area contributed by atoms with Crippen LogP contribution in [0.3, 0.4) is 0 Å². The first-order chi connectivity index (χ1) is 9.60. The number of methoxy groups -OCH3 is 2. The maximum Gasteiger partial charge on any atom is 0.252 e. The fourth-order valence-electron chi connectivity index (χ4n) is 2.26. The smallest absolute Gasteiger partial charge is 0.252 e. The number of imide groups is 1. The summed E-state index contributed by atoms with van der Waals surface area (Å²) in [5.74, 6) is 0.853. The van der Waals surface area contributed by atoms with E-state index in [-0.39, 0.29) is 18.2 Å². The minimum absolute atomic E-state index is 0.143. The fraction of sp³-hybridized carbons (Fsp3) is 0.429. The molecule has 6 nitrogen and oxygen atoms in total. The largest absolute Gasteiger partial charge is 0.493 e. The molecule has 0 bridgehead atoms. The number of carbonyl (C=O) groups is 2. The molecule has 0 saturated carbocycles. The van der Waals surface area contributed by atoms with E-state index in [4.69, 9.17) is 9.47 Å². The molecule has 1 N–H and O–H groups in total. The Balaban J connectivity index is 2.15. The standard InChI is InChI=1S/C14H18N2O4/c1-4-16-13(17)8-10(14(16)18)15-9-5-6-11(19-2)12(7-9)20-3/h5-7,10,15H,4,8H2,1-3H3/t10-/m0/s1. The van der Waals surface area contributed by atoms with E-state index in [1.54, 1.807) is 39.3 Å². The molecular formula is C14H18N2O4. The van der Waals surface area contributed by atoms with E-state index in [1.807, 2.05) is 0 Å². The first kappa shape index (κ1) is 14.2. The van der Waals surface area contributed by atoms with Crippen molar-refractivity contribution in [1.29, 1.82) is 0 Å². The molecule has 108 valence electrons. The number of nitrogens with one attached hydrogen (secondary N) is 1. The molecule has 6 heteroatoms. The van der Waals surface area contributed by atoms with E-state index in [0.29, 0.717) is 23.7 Å². The minimum atomic E-state index is -0.513. The van der Waals surface area contributed by atoms with Crippen LogP contribution in [-0.2, 0) is 9.59 Å². The van der Waals surface area contributed by atoms with Crippen LogP contribution in [0.15, 0.2) is 18.2 Å². The molecule has 1 heterocycles. The number of rotatable bonds is 5. The van der Waals surface area contributed by atoms with Gasteiger partial charge in [0.15, 0.2) is 11.5 Å². The summed E-state index contributed by atoms with van der Waals surface area (Å²) in [6, 6.07) is 4.76. The van der Waals surface area contributed by atoms with Crippen molar-refractivity contribution >= 4 is 17.5 Å². The number of likely N-dealkylation sites (N-methyl/N-ethyl adjacent to an activating group) is 1. The van der Waals surface area contributed by atoms with Gasteiger partial charge in [0.05, 0.1) is 20.6 Å². The van der Waals surface area contributed by atoms with Gasteiger partial charge in [0.2, 0.25) is 5.91 Å². The monoisotopic (exact) mass is 278 g/mol. The third-order valence-corrected chi connectivity index (χ3v) is 3.28. The topological polar surface area (TPSA) is 67.9 Å². The summed E-state index contributed by atoms with van der Waals surface area (Å²) in [5, 5.41) is 3.06. The zero-order valence-electron chi connectivity index (χ0n) is 11.8. The Morgan fingerprint density at radius 2 is 1.95 bits per heavy atom. The van der Waals surface area contributed by atoms with Crippen LogP contribution in [0.1, 0.15) is 13.3 Å². The van der Waals surface area contributed by atoms with Crippen LogP contribution in [0.25, 0.3) is 0 Å². The maximum absolute atomic E-state index is 12.0. The van der Waals surface area contributed by atoms with E-state index in [2.05, 4.69) is 5.32 Å². The second-order valence-corrected chi connectivity index (χ2v) is 4.45. The molecule has 2 amide bonds. The molecule has 1 atom stereocenters. The van der Waals surface area contributed by atoms with E-state index < -0.39 is 6.04 Å². The van der Waals surface area contributed by atoms with E-state index in [1.165, 1.54) is 4.90 Å². The van der Waals surface area contributed by atoms with Gasteiger partial charge in [-0.25, -0.2) is 0 Å². The third kappa shape index (κ3) is 2.54. The van der Waals surface area contributed by atoms with Crippen molar-refractivity contribution in [2.75, 3.05) is 26.1 Å². The predicted molar refractivity (Wildman–Crippen MR) is 74.0 cm³/mol. The van der Waals surface area contributed by atoms with Gasteiger partial charge in [0, 0.05) is 18.3 Å². The number of nitrogens with zero attached hydrogens (tertiary/aromatic N) is 1. The summed E-state index contributed by atoms with van der Waals surface area (Å²) in [7, 11) is 3.11. The Kier molecular flexibility index (Phi) is 4.12. The zero-order valence-corrected chi connectivity index (χ0v) is 11.8. The summed E-state index contributed by atoms with van der Waals surface area (Å²) >= 11 is 0. The van der Waals surface area contributed by atoms with Gasteiger partial charge in [-0.1, -0.05) is 0 Å². The van der Waals surface area contributed by atoms with Crippen molar-refractivity contribution < 1.29 is 19.1 Å². The van der Waals surface area contributed by atoms with E-state index >= 15 is 0 Å². The van der Waals surface area contributed by atoms with Gasteiger partial charge in [-0.15, -0.1) is 0 Å². The van der Waals surface area contributed by atoms with Gasteiger partial charge in [-0.2, -0.15) is 0 Å². The van der Waals surface area contributed by atoms with Crippen molar-refractivity contribution in [3.05, 3.63) is 18.2 Å². The van der Waals surface area contributed by atoms with E-state index in [0.717, 1.165) is 0 Å². The lowest BCUT2D eigenvalue weighted by atomic mass is 10.2. The van der Waals surface area contributed by atoms with Crippen LogP contribution >= 0.6 is 0 Å². The van der Waals surface area contributed by atoms with Crippen LogP contribution < -0.4 is 14.8 Å². The summed E-state index contributed by atoms with van der Waals surface area (Å²) < 4.78 is 10.4. The van der Waals surface area contributed by atoms with Gasteiger partial charge >= 0.3 is 0 Å². The molecule has 1 saturated heterocycles. The Bertz CT molecular complexity index is 530. The van der Waals surface area contributed by atoms with Gasteiger partial charge in [-0.3, -0.25) is 14.5 Å². The minimum Gasteiger partial charge on any atom is -0.493 e. The molecule has 0 spiro atoms. The second kappa shape index (κ2) is 5.81. The van der Waals surface area contributed by atoms with E-state index in [9.17, 15) is 9.59 Å². The Morgan fingerprint density at radius 3 is 2.50 bits per heavy atom. The predicted octanol–water partition coefficient (Wildman–Crippen LogP) is 1.26. The summed E-state index contributed by atoms with van der Waals surface area (Å²) in [6.45, 7) is 2.19.